The third-order valence-corrected chi connectivity index (χ3v) is 5.85. The number of ether oxygens (including phenoxy) is 1. The fraction of sp³-hybridized carbons (Fsp3) is 0.583. The molecule has 1 fully saturated rings. The highest BCUT2D eigenvalue weighted by Gasteiger charge is 2.31. The van der Waals surface area contributed by atoms with E-state index in [1.807, 2.05) is 13.8 Å². The number of carbonyl (C=O) groups is 1. The molecule has 2 aromatic rings. The van der Waals surface area contributed by atoms with Crippen molar-refractivity contribution in [2.75, 3.05) is 19.7 Å². The number of amides is 1. The van der Waals surface area contributed by atoms with Crippen LogP contribution in [0.4, 0.5) is 0 Å². The second-order valence-corrected chi connectivity index (χ2v) is 9.49. The molecule has 6 nitrogen and oxygen atoms in total. The lowest BCUT2D eigenvalue weighted by atomic mass is 9.93. The van der Waals surface area contributed by atoms with E-state index in [2.05, 4.69) is 54.5 Å². The predicted molar refractivity (Wildman–Crippen MR) is 121 cm³/mol. The Balaban J connectivity index is 1.74. The zero-order chi connectivity index (χ0) is 21.9. The number of benzene rings is 1. The maximum absolute atomic E-state index is 12.6. The van der Waals surface area contributed by atoms with Crippen LogP contribution in [0.2, 0.25) is 0 Å². The Morgan fingerprint density at radius 1 is 1.30 bits per heavy atom. The maximum atomic E-state index is 12.6. The molecule has 1 aliphatic rings. The zero-order valence-electron chi connectivity index (χ0n) is 19.0. The van der Waals surface area contributed by atoms with Crippen LogP contribution >= 0.6 is 0 Å². The molecular formula is C24H36N4O2. The summed E-state index contributed by atoms with van der Waals surface area (Å²) in [4.78, 5) is 12.6. The van der Waals surface area contributed by atoms with Gasteiger partial charge in [0.1, 0.15) is 6.61 Å². The van der Waals surface area contributed by atoms with Gasteiger partial charge in [0.15, 0.2) is 0 Å². The van der Waals surface area contributed by atoms with E-state index < -0.39 is 5.41 Å². The molecule has 1 amide bonds. The van der Waals surface area contributed by atoms with Crippen molar-refractivity contribution < 1.29 is 9.53 Å². The van der Waals surface area contributed by atoms with Crippen LogP contribution in [0.5, 0.6) is 5.88 Å². The van der Waals surface area contributed by atoms with Crippen LogP contribution in [0.1, 0.15) is 62.6 Å². The van der Waals surface area contributed by atoms with Crippen molar-refractivity contribution >= 4 is 5.91 Å². The first-order valence-electron chi connectivity index (χ1n) is 11.0. The predicted octanol–water partition coefficient (Wildman–Crippen LogP) is 4.08. The summed E-state index contributed by atoms with van der Waals surface area (Å²) in [5.74, 6) is 1.42. The number of carbonyl (C=O) groups excluding carboxylic acids is 1. The average molecular weight is 413 g/mol. The summed E-state index contributed by atoms with van der Waals surface area (Å²) >= 11 is 0. The highest BCUT2D eigenvalue weighted by Crippen LogP contribution is 2.36. The molecule has 0 saturated heterocycles. The van der Waals surface area contributed by atoms with E-state index in [1.165, 1.54) is 24.0 Å². The van der Waals surface area contributed by atoms with Crippen LogP contribution in [-0.2, 0) is 4.79 Å². The van der Waals surface area contributed by atoms with Crippen LogP contribution in [-0.4, -0.2) is 35.8 Å². The molecule has 0 unspecified atom stereocenters. The fourth-order valence-corrected chi connectivity index (χ4v) is 3.71. The SMILES string of the molecule is Cc1cc(C)cc(-c2[nH]nc(OCC(C)(C)C(=O)NCCC3CC3)c2[C@H](C)CN)c1. The van der Waals surface area contributed by atoms with Crippen LogP contribution in [0.3, 0.4) is 0 Å². The number of nitrogens with zero attached hydrogens (tertiary/aromatic N) is 1. The number of hydrogen-bond donors (Lipinski definition) is 3. The topological polar surface area (TPSA) is 93.0 Å². The standard InChI is InChI=1S/C24H36N4O2/c1-15-10-16(2)12-19(11-15)21-20(17(3)13-25)22(28-27-21)30-14-24(4,5)23(29)26-9-8-18-6-7-18/h10-12,17-18H,6-9,13-14,25H2,1-5H3,(H,26,29)(H,27,28)/t17-/m1/s1. The minimum atomic E-state index is -0.647. The molecule has 1 aromatic carbocycles. The summed E-state index contributed by atoms with van der Waals surface area (Å²) in [5.41, 5.74) is 10.7. The second-order valence-electron chi connectivity index (χ2n) is 9.49. The Hall–Kier alpha value is -2.34. The number of aromatic amines is 1. The lowest BCUT2D eigenvalue weighted by Gasteiger charge is -2.24. The average Bonchev–Trinajstić information content (AvgIpc) is 3.41. The number of hydrogen-bond acceptors (Lipinski definition) is 4. The van der Waals surface area contributed by atoms with Crippen molar-refractivity contribution in [3.8, 4) is 17.1 Å². The number of H-pyrrole nitrogens is 1. The monoisotopic (exact) mass is 412 g/mol. The largest absolute Gasteiger partial charge is 0.475 e. The molecule has 0 aliphatic heterocycles. The van der Waals surface area contributed by atoms with Gasteiger partial charge in [-0.15, -0.1) is 5.10 Å². The van der Waals surface area contributed by atoms with Gasteiger partial charge < -0.3 is 15.8 Å². The molecule has 30 heavy (non-hydrogen) atoms. The van der Waals surface area contributed by atoms with Crippen LogP contribution in [0, 0.1) is 25.2 Å². The number of aromatic nitrogens is 2. The Bertz CT molecular complexity index is 863. The van der Waals surface area contributed by atoms with Gasteiger partial charge in [-0.05, 0) is 58.7 Å². The highest BCUT2D eigenvalue weighted by molar-refractivity contribution is 5.82. The second kappa shape index (κ2) is 9.21. The molecule has 0 radical (unpaired) electrons. The summed E-state index contributed by atoms with van der Waals surface area (Å²) < 4.78 is 6.09. The Morgan fingerprint density at radius 3 is 2.57 bits per heavy atom. The normalized spacial score (nSPS) is 15.1. The number of nitrogens with one attached hydrogen (secondary N) is 2. The molecule has 0 spiro atoms. The quantitative estimate of drug-likeness (QED) is 0.548. The van der Waals surface area contributed by atoms with Crippen molar-refractivity contribution in [3.05, 3.63) is 34.9 Å². The summed E-state index contributed by atoms with van der Waals surface area (Å²) in [6.07, 6.45) is 3.67. The fourth-order valence-electron chi connectivity index (χ4n) is 3.71. The lowest BCUT2D eigenvalue weighted by molar-refractivity contribution is -0.130. The van der Waals surface area contributed by atoms with E-state index in [4.69, 9.17) is 10.5 Å². The minimum Gasteiger partial charge on any atom is -0.475 e. The van der Waals surface area contributed by atoms with Gasteiger partial charge in [-0.25, -0.2) is 0 Å². The van der Waals surface area contributed by atoms with Crippen molar-refractivity contribution in [3.63, 3.8) is 0 Å². The number of nitrogens with two attached hydrogens (primary N) is 1. The number of aryl methyl sites for hydroxylation is 2. The summed E-state index contributed by atoms with van der Waals surface area (Å²) in [6, 6.07) is 6.41. The molecule has 3 rings (SSSR count). The van der Waals surface area contributed by atoms with Crippen molar-refractivity contribution in [2.24, 2.45) is 17.1 Å². The molecule has 1 aromatic heterocycles. The van der Waals surface area contributed by atoms with Crippen LogP contribution in [0.25, 0.3) is 11.3 Å². The Morgan fingerprint density at radius 2 is 1.97 bits per heavy atom. The first kappa shape index (κ1) is 22.3. The summed E-state index contributed by atoms with van der Waals surface area (Å²) in [7, 11) is 0. The zero-order valence-corrected chi connectivity index (χ0v) is 19.0. The van der Waals surface area contributed by atoms with Gasteiger partial charge in [-0.1, -0.05) is 37.0 Å². The van der Waals surface area contributed by atoms with E-state index in [0.29, 0.717) is 12.4 Å². The first-order chi connectivity index (χ1) is 14.2. The highest BCUT2D eigenvalue weighted by atomic mass is 16.5. The van der Waals surface area contributed by atoms with Gasteiger partial charge >= 0.3 is 0 Å². The lowest BCUT2D eigenvalue weighted by Crippen LogP contribution is -2.41. The van der Waals surface area contributed by atoms with Gasteiger partial charge in [0.2, 0.25) is 11.8 Å². The van der Waals surface area contributed by atoms with Crippen molar-refractivity contribution in [1.29, 1.82) is 0 Å². The van der Waals surface area contributed by atoms with Gasteiger partial charge in [-0.3, -0.25) is 9.89 Å². The van der Waals surface area contributed by atoms with E-state index in [0.717, 1.165) is 35.7 Å². The molecule has 0 bridgehead atoms. The van der Waals surface area contributed by atoms with Gasteiger partial charge in [0.25, 0.3) is 0 Å². The molecule has 6 heteroatoms. The first-order valence-corrected chi connectivity index (χ1v) is 11.0. The molecule has 1 atom stereocenters. The van der Waals surface area contributed by atoms with E-state index in [-0.39, 0.29) is 18.4 Å². The molecular weight excluding hydrogens is 376 g/mol. The molecule has 164 valence electrons. The molecule has 1 aliphatic carbocycles. The molecule has 1 heterocycles. The van der Waals surface area contributed by atoms with Gasteiger partial charge in [0, 0.05) is 23.6 Å². The summed E-state index contributed by atoms with van der Waals surface area (Å²) in [6.45, 7) is 11.5. The smallest absolute Gasteiger partial charge is 0.236 e. The Kier molecular flexibility index (Phi) is 6.86. The molecule has 1 saturated carbocycles. The van der Waals surface area contributed by atoms with Crippen molar-refractivity contribution in [1.82, 2.24) is 15.5 Å². The van der Waals surface area contributed by atoms with E-state index in [9.17, 15) is 4.79 Å². The third-order valence-electron chi connectivity index (χ3n) is 5.85. The number of rotatable bonds is 10. The maximum Gasteiger partial charge on any atom is 0.236 e. The van der Waals surface area contributed by atoms with E-state index in [1.54, 1.807) is 0 Å². The van der Waals surface area contributed by atoms with Crippen LogP contribution < -0.4 is 15.8 Å². The van der Waals surface area contributed by atoms with Crippen LogP contribution in [0.15, 0.2) is 18.2 Å². The Labute approximate surface area is 180 Å². The van der Waals surface area contributed by atoms with Gasteiger partial charge in [-0.2, -0.15) is 0 Å². The third kappa shape index (κ3) is 5.42. The van der Waals surface area contributed by atoms with E-state index >= 15 is 0 Å². The molecule has 4 N–H and O–H groups in total. The van der Waals surface area contributed by atoms with Gasteiger partial charge in [0.05, 0.1) is 11.1 Å². The summed E-state index contributed by atoms with van der Waals surface area (Å²) in [5, 5.41) is 10.6. The minimum absolute atomic E-state index is 0.0154. The van der Waals surface area contributed by atoms with Crippen molar-refractivity contribution in [2.45, 2.75) is 59.8 Å².